The van der Waals surface area contributed by atoms with Gasteiger partial charge in [0.1, 0.15) is 16.7 Å². The standard InChI is InChI=1S/C13H17F3N2O2S/c1-9-5-10(20-8-13(14,15)16)6-17-11(9)7-18-21(19)12(2,3)4/h5-7H,8H2,1-4H3. The number of rotatable bonds is 4. The average molecular weight is 322 g/mol. The number of nitrogens with zero attached hydrogens (tertiary/aromatic N) is 2. The van der Waals surface area contributed by atoms with Gasteiger partial charge in [-0.2, -0.15) is 17.6 Å². The minimum Gasteiger partial charge on any atom is -0.482 e. The Morgan fingerprint density at radius 1 is 1.38 bits per heavy atom. The lowest BCUT2D eigenvalue weighted by Crippen LogP contribution is -2.20. The van der Waals surface area contributed by atoms with Crippen LogP contribution in [0, 0.1) is 6.92 Å². The molecule has 0 spiro atoms. The van der Waals surface area contributed by atoms with Crippen molar-refractivity contribution < 1.29 is 22.1 Å². The zero-order valence-electron chi connectivity index (χ0n) is 12.2. The van der Waals surface area contributed by atoms with Crippen LogP contribution in [0.4, 0.5) is 13.2 Å². The highest BCUT2D eigenvalue weighted by Crippen LogP contribution is 2.19. The minimum atomic E-state index is -4.39. The Kier molecular flexibility index (Phi) is 5.49. The van der Waals surface area contributed by atoms with E-state index >= 15 is 0 Å². The van der Waals surface area contributed by atoms with Crippen molar-refractivity contribution >= 4 is 17.2 Å². The Bertz CT molecular complexity index is 551. The Hall–Kier alpha value is -1.44. The van der Waals surface area contributed by atoms with Crippen LogP contribution in [0.25, 0.3) is 0 Å². The quantitative estimate of drug-likeness (QED) is 0.800. The highest BCUT2D eigenvalue weighted by molar-refractivity contribution is 7.85. The minimum absolute atomic E-state index is 0.0268. The fourth-order valence-corrected chi connectivity index (χ4v) is 1.71. The van der Waals surface area contributed by atoms with Crippen LogP contribution in [0.2, 0.25) is 0 Å². The molecule has 118 valence electrons. The summed E-state index contributed by atoms with van der Waals surface area (Å²) < 4.78 is 55.9. The maximum absolute atomic E-state index is 12.0. The SMILES string of the molecule is Cc1cc(OCC(F)(F)F)cnc1C=NS(=O)C(C)(C)C. The second-order valence-corrected chi connectivity index (χ2v) is 7.31. The molecule has 1 aromatic rings. The summed E-state index contributed by atoms with van der Waals surface area (Å²) in [6, 6.07) is 1.43. The van der Waals surface area contributed by atoms with Crippen LogP contribution in [0.3, 0.4) is 0 Å². The summed E-state index contributed by atoms with van der Waals surface area (Å²) in [5.74, 6) is 0.0268. The second-order valence-electron chi connectivity index (χ2n) is 5.37. The first-order valence-electron chi connectivity index (χ1n) is 6.11. The molecule has 1 heterocycles. The molecule has 0 N–H and O–H groups in total. The van der Waals surface area contributed by atoms with Crippen LogP contribution in [0.1, 0.15) is 32.0 Å². The summed E-state index contributed by atoms with van der Waals surface area (Å²) in [5, 5.41) is 0. The molecule has 0 aliphatic heterocycles. The molecular formula is C13H17F3N2O2S. The van der Waals surface area contributed by atoms with Gasteiger partial charge in [0, 0.05) is 0 Å². The Morgan fingerprint density at radius 3 is 2.48 bits per heavy atom. The van der Waals surface area contributed by atoms with Gasteiger partial charge >= 0.3 is 6.18 Å². The van der Waals surface area contributed by atoms with Crippen molar-refractivity contribution in [2.45, 2.75) is 38.6 Å². The van der Waals surface area contributed by atoms with Crippen molar-refractivity contribution in [1.82, 2.24) is 4.98 Å². The zero-order valence-corrected chi connectivity index (χ0v) is 13.0. The van der Waals surface area contributed by atoms with Crippen LogP contribution in [0.15, 0.2) is 16.7 Å². The monoisotopic (exact) mass is 322 g/mol. The van der Waals surface area contributed by atoms with Gasteiger partial charge in [0.05, 0.1) is 22.9 Å². The molecule has 0 aromatic carbocycles. The van der Waals surface area contributed by atoms with Crippen molar-refractivity contribution in [3.05, 3.63) is 23.5 Å². The largest absolute Gasteiger partial charge is 0.482 e. The topological polar surface area (TPSA) is 51.6 Å². The lowest BCUT2D eigenvalue weighted by atomic mass is 10.2. The molecule has 0 bridgehead atoms. The molecule has 4 nitrogen and oxygen atoms in total. The average Bonchev–Trinajstić information content (AvgIpc) is 2.32. The molecule has 1 aromatic heterocycles. The zero-order chi connectivity index (χ0) is 16.3. The van der Waals surface area contributed by atoms with Crippen molar-refractivity contribution in [3.8, 4) is 5.75 Å². The van der Waals surface area contributed by atoms with Gasteiger partial charge in [-0.25, -0.2) is 4.21 Å². The first-order valence-corrected chi connectivity index (χ1v) is 7.22. The molecule has 1 rings (SSSR count). The maximum atomic E-state index is 12.0. The fourth-order valence-electron chi connectivity index (χ4n) is 1.19. The Morgan fingerprint density at radius 2 is 2.00 bits per heavy atom. The van der Waals surface area contributed by atoms with Gasteiger partial charge in [0.2, 0.25) is 0 Å². The van der Waals surface area contributed by atoms with Crippen molar-refractivity contribution in [3.63, 3.8) is 0 Å². The third kappa shape index (κ3) is 6.24. The van der Waals surface area contributed by atoms with Crippen molar-refractivity contribution in [1.29, 1.82) is 0 Å². The molecular weight excluding hydrogens is 305 g/mol. The molecule has 1 unspecified atom stereocenters. The summed E-state index contributed by atoms with van der Waals surface area (Å²) in [6.45, 7) is 5.66. The molecule has 0 fully saturated rings. The van der Waals surface area contributed by atoms with Crippen molar-refractivity contribution in [2.24, 2.45) is 4.40 Å². The Balaban J connectivity index is 2.80. The van der Waals surface area contributed by atoms with Crippen LogP contribution >= 0.6 is 0 Å². The van der Waals surface area contributed by atoms with Crippen molar-refractivity contribution in [2.75, 3.05) is 6.61 Å². The number of aryl methyl sites for hydroxylation is 1. The number of hydrogen-bond donors (Lipinski definition) is 0. The van der Waals surface area contributed by atoms with Gasteiger partial charge < -0.3 is 4.74 Å². The van der Waals surface area contributed by atoms with Gasteiger partial charge in [-0.15, -0.1) is 0 Å². The van der Waals surface area contributed by atoms with E-state index in [1.807, 2.05) is 0 Å². The predicted molar refractivity (Wildman–Crippen MR) is 76.0 cm³/mol. The van der Waals surface area contributed by atoms with E-state index in [0.29, 0.717) is 11.3 Å². The number of pyridine rings is 1. The number of aromatic nitrogens is 1. The lowest BCUT2D eigenvalue weighted by Gasteiger charge is -2.13. The highest BCUT2D eigenvalue weighted by atomic mass is 32.2. The molecule has 0 amide bonds. The highest BCUT2D eigenvalue weighted by Gasteiger charge is 2.28. The summed E-state index contributed by atoms with van der Waals surface area (Å²) in [6.07, 6.45) is -1.86. The molecule has 0 saturated heterocycles. The summed E-state index contributed by atoms with van der Waals surface area (Å²) >= 11 is 0. The third-order valence-electron chi connectivity index (χ3n) is 2.29. The van der Waals surface area contributed by atoms with E-state index in [-0.39, 0.29) is 5.75 Å². The molecule has 0 radical (unpaired) electrons. The van der Waals surface area contributed by atoms with Crippen LogP contribution in [-0.2, 0) is 11.0 Å². The maximum Gasteiger partial charge on any atom is 0.422 e. The van der Waals surface area contributed by atoms with Gasteiger partial charge in [-0.05, 0) is 39.3 Å². The van der Waals surface area contributed by atoms with E-state index in [4.69, 9.17) is 0 Å². The first-order chi connectivity index (χ1) is 9.49. The van der Waals surface area contributed by atoms with Gasteiger partial charge in [-0.3, -0.25) is 4.98 Å². The Labute approximate surface area is 124 Å². The molecule has 8 heteroatoms. The van der Waals surface area contributed by atoms with Gasteiger partial charge in [0.15, 0.2) is 6.61 Å². The number of alkyl halides is 3. The predicted octanol–water partition coefficient (Wildman–Crippen LogP) is 3.21. The van der Waals surface area contributed by atoms with E-state index in [1.165, 1.54) is 18.5 Å². The number of halogens is 3. The van der Waals surface area contributed by atoms with Gasteiger partial charge in [0.25, 0.3) is 0 Å². The smallest absolute Gasteiger partial charge is 0.422 e. The van der Waals surface area contributed by atoms with E-state index in [0.717, 1.165) is 0 Å². The van der Waals surface area contributed by atoms with E-state index in [1.54, 1.807) is 27.7 Å². The molecule has 21 heavy (non-hydrogen) atoms. The summed E-state index contributed by atoms with van der Waals surface area (Å²) in [4.78, 5) is 3.96. The van der Waals surface area contributed by atoms with Crippen LogP contribution in [-0.4, -0.2) is 32.9 Å². The van der Waals surface area contributed by atoms with E-state index in [9.17, 15) is 17.4 Å². The molecule has 0 aliphatic rings. The van der Waals surface area contributed by atoms with Gasteiger partial charge in [-0.1, -0.05) is 0 Å². The molecule has 1 atom stereocenters. The van der Waals surface area contributed by atoms with Crippen LogP contribution < -0.4 is 4.74 Å². The number of hydrogen-bond acceptors (Lipinski definition) is 3. The first kappa shape index (κ1) is 17.6. The summed E-state index contributed by atoms with van der Waals surface area (Å²) in [7, 11) is -1.42. The van der Waals surface area contributed by atoms with E-state index in [2.05, 4.69) is 14.1 Å². The lowest BCUT2D eigenvalue weighted by molar-refractivity contribution is -0.153. The summed E-state index contributed by atoms with van der Waals surface area (Å²) in [5.41, 5.74) is 1.02. The van der Waals surface area contributed by atoms with Crippen LogP contribution in [0.5, 0.6) is 5.75 Å². The van der Waals surface area contributed by atoms with E-state index < -0.39 is 28.5 Å². The molecule has 0 aliphatic carbocycles. The molecule has 0 saturated carbocycles. The normalized spacial score (nSPS) is 14.4. The second kappa shape index (κ2) is 6.55. The third-order valence-corrected chi connectivity index (χ3v) is 3.64. The fraction of sp³-hybridized carbons (Fsp3) is 0.538. The number of ether oxygens (including phenoxy) is 1.